The van der Waals surface area contributed by atoms with E-state index in [-0.39, 0.29) is 34.6 Å². The van der Waals surface area contributed by atoms with Crippen molar-refractivity contribution in [2.75, 3.05) is 0 Å². The van der Waals surface area contributed by atoms with Crippen LogP contribution in [0.1, 0.15) is 56.0 Å². The number of esters is 1. The summed E-state index contributed by atoms with van der Waals surface area (Å²) in [7, 11) is 0. The number of rotatable bonds is 3. The molecule has 1 aromatic rings. The highest BCUT2D eigenvalue weighted by Gasteiger charge is 2.75. The fourth-order valence-corrected chi connectivity index (χ4v) is 6.30. The number of hydrogen-bond acceptors (Lipinski definition) is 7. The molecule has 7 nitrogen and oxygen atoms in total. The second kappa shape index (κ2) is 6.08. The maximum absolute atomic E-state index is 12.8. The molecule has 0 saturated heterocycles. The highest BCUT2D eigenvalue weighted by molar-refractivity contribution is 5.94. The van der Waals surface area contributed by atoms with E-state index in [2.05, 4.69) is 0 Å². The molecule has 30 heavy (non-hydrogen) atoms. The maximum atomic E-state index is 12.8. The first kappa shape index (κ1) is 20.9. The minimum absolute atomic E-state index is 0.0251. The number of phenolic OH excluding ortho intramolecular Hbond substituents is 2. The zero-order chi connectivity index (χ0) is 22.3. The fraction of sp³-hybridized carbons (Fsp3) is 0.565. The Labute approximate surface area is 175 Å². The third-order valence-electron chi connectivity index (χ3n) is 7.56. The summed E-state index contributed by atoms with van der Waals surface area (Å²) in [4.78, 5) is 24.7. The van der Waals surface area contributed by atoms with Crippen LogP contribution in [0.3, 0.4) is 0 Å². The van der Waals surface area contributed by atoms with Crippen molar-refractivity contribution in [2.24, 2.45) is 16.7 Å². The van der Waals surface area contributed by atoms with Crippen molar-refractivity contribution in [1.82, 2.24) is 0 Å². The Balaban J connectivity index is 1.69. The first-order valence-corrected chi connectivity index (χ1v) is 10.1. The molecule has 162 valence electrons. The molecule has 2 saturated carbocycles. The number of carbonyl (C=O) groups excluding carboxylic acids is 2. The average Bonchev–Trinajstić information content (AvgIpc) is 2.86. The number of aliphatic hydroxyl groups is 2. The first-order valence-electron chi connectivity index (χ1n) is 10.1. The van der Waals surface area contributed by atoms with Gasteiger partial charge in [-0.1, -0.05) is 20.8 Å². The topological polar surface area (TPSA) is 124 Å². The second-order valence-electron chi connectivity index (χ2n) is 10.2. The summed E-state index contributed by atoms with van der Waals surface area (Å²) in [6, 6.07) is 2.37. The van der Waals surface area contributed by atoms with E-state index in [1.54, 1.807) is 6.92 Å². The molecule has 0 heterocycles. The van der Waals surface area contributed by atoms with Gasteiger partial charge in [-0.05, 0) is 49.3 Å². The molecule has 0 aromatic heterocycles. The molecular weight excluding hydrogens is 388 g/mol. The van der Waals surface area contributed by atoms with E-state index in [0.717, 1.165) is 6.07 Å². The highest BCUT2D eigenvalue weighted by atomic mass is 16.6. The molecule has 4 rings (SSSR count). The smallest absolute Gasteiger partial charge is 0.342 e. The van der Waals surface area contributed by atoms with Gasteiger partial charge in [0.25, 0.3) is 0 Å². The number of aromatic hydroxyl groups is 2. The lowest BCUT2D eigenvalue weighted by atomic mass is 9.43. The Bertz CT molecular complexity index is 957. The monoisotopic (exact) mass is 416 g/mol. The van der Waals surface area contributed by atoms with Gasteiger partial charge in [-0.2, -0.15) is 0 Å². The van der Waals surface area contributed by atoms with Crippen LogP contribution < -0.4 is 0 Å². The second-order valence-corrected chi connectivity index (χ2v) is 10.2. The van der Waals surface area contributed by atoms with Gasteiger partial charge in [0, 0.05) is 23.0 Å². The molecule has 2 fully saturated rings. The summed E-state index contributed by atoms with van der Waals surface area (Å²) in [5, 5.41) is 42.6. The summed E-state index contributed by atoms with van der Waals surface area (Å²) in [5.41, 5.74) is -3.66. The van der Waals surface area contributed by atoms with Crippen LogP contribution >= 0.6 is 0 Å². The molecule has 0 spiro atoms. The molecule has 3 aliphatic carbocycles. The molecule has 0 aliphatic heterocycles. The van der Waals surface area contributed by atoms with E-state index in [0.29, 0.717) is 24.7 Å². The van der Waals surface area contributed by atoms with Gasteiger partial charge >= 0.3 is 5.97 Å². The number of phenols is 2. The predicted molar refractivity (Wildman–Crippen MR) is 107 cm³/mol. The Morgan fingerprint density at radius 2 is 1.83 bits per heavy atom. The largest absolute Gasteiger partial charge is 0.508 e. The minimum atomic E-state index is -1.72. The molecule has 5 atom stereocenters. The summed E-state index contributed by atoms with van der Waals surface area (Å²) >= 11 is 0. The molecule has 7 heteroatoms. The van der Waals surface area contributed by atoms with E-state index in [1.807, 2.05) is 20.8 Å². The van der Waals surface area contributed by atoms with Gasteiger partial charge in [0.15, 0.2) is 0 Å². The molecule has 4 N–H and O–H groups in total. The number of carbonyl (C=O) groups is 2. The molecule has 1 aromatic carbocycles. The van der Waals surface area contributed by atoms with Gasteiger partial charge in [0.2, 0.25) is 0 Å². The van der Waals surface area contributed by atoms with E-state index in [4.69, 9.17) is 4.74 Å². The number of aryl methyl sites for hydroxylation is 1. The van der Waals surface area contributed by atoms with Crippen molar-refractivity contribution >= 4 is 12.3 Å². The van der Waals surface area contributed by atoms with Gasteiger partial charge in [-0.15, -0.1) is 0 Å². The summed E-state index contributed by atoms with van der Waals surface area (Å²) in [5.74, 6) is -1.73. The average molecular weight is 416 g/mol. The van der Waals surface area contributed by atoms with Crippen LogP contribution in [0.2, 0.25) is 0 Å². The van der Waals surface area contributed by atoms with Crippen LogP contribution in [0.25, 0.3) is 0 Å². The first-order chi connectivity index (χ1) is 13.8. The molecule has 0 radical (unpaired) electrons. The number of ether oxygens (including phenoxy) is 1. The van der Waals surface area contributed by atoms with Crippen LogP contribution in [-0.4, -0.2) is 50.0 Å². The standard InChI is InChI=1S/C23H28O7/c1-12-5-14(25)6-15(26)18(12)19(27)30-17-9-21(4)16-8-20(2,3)11-22(16,28)7-13(10-24)23(17,21)29/h5-7,10,16-17,25-26,28-29H,8-9,11H2,1-4H3/t16-,17-,21-,22+,23+/m1/s1. The Morgan fingerprint density at radius 1 is 1.17 bits per heavy atom. The highest BCUT2D eigenvalue weighted by Crippen LogP contribution is 2.69. The number of benzene rings is 1. The van der Waals surface area contributed by atoms with Gasteiger partial charge in [-0.25, -0.2) is 4.79 Å². The summed E-state index contributed by atoms with van der Waals surface area (Å²) < 4.78 is 5.57. The van der Waals surface area contributed by atoms with Crippen molar-refractivity contribution in [3.8, 4) is 11.5 Å². The quantitative estimate of drug-likeness (QED) is 0.440. The van der Waals surface area contributed by atoms with Gasteiger partial charge in [0.1, 0.15) is 35.1 Å². The third-order valence-corrected chi connectivity index (χ3v) is 7.56. The van der Waals surface area contributed by atoms with Crippen molar-refractivity contribution in [1.29, 1.82) is 0 Å². The van der Waals surface area contributed by atoms with E-state index in [1.165, 1.54) is 12.1 Å². The van der Waals surface area contributed by atoms with Gasteiger partial charge in [-0.3, -0.25) is 4.79 Å². The zero-order valence-electron chi connectivity index (χ0n) is 17.6. The Morgan fingerprint density at radius 3 is 2.43 bits per heavy atom. The number of fused-ring (bicyclic) bond motifs is 3. The van der Waals surface area contributed by atoms with Crippen molar-refractivity contribution in [3.63, 3.8) is 0 Å². The third kappa shape index (κ3) is 2.58. The maximum Gasteiger partial charge on any atom is 0.342 e. The molecule has 3 aliphatic rings. The summed E-state index contributed by atoms with van der Waals surface area (Å²) in [6.07, 6.45) is 2.42. The van der Waals surface area contributed by atoms with Crippen LogP contribution in [0.5, 0.6) is 11.5 Å². The van der Waals surface area contributed by atoms with Crippen molar-refractivity contribution in [2.45, 2.75) is 64.3 Å². The molecule has 0 unspecified atom stereocenters. The molecule has 0 bridgehead atoms. The normalized spacial score (nSPS) is 38.7. The lowest BCUT2D eigenvalue weighted by Crippen LogP contribution is -2.75. The van der Waals surface area contributed by atoms with E-state index in [9.17, 15) is 30.0 Å². The fourth-order valence-electron chi connectivity index (χ4n) is 6.30. The zero-order valence-corrected chi connectivity index (χ0v) is 17.6. The van der Waals surface area contributed by atoms with Gasteiger partial charge in [0.05, 0.1) is 5.60 Å². The molecule has 0 amide bonds. The van der Waals surface area contributed by atoms with Crippen molar-refractivity contribution in [3.05, 3.63) is 34.9 Å². The van der Waals surface area contributed by atoms with Crippen LogP contribution in [-0.2, 0) is 9.53 Å². The Hall–Kier alpha value is -2.38. The van der Waals surface area contributed by atoms with E-state index < -0.39 is 34.4 Å². The SMILES string of the molecule is Cc1cc(O)cc(O)c1C(=O)O[C@@H]1C[C@]2(C)[C@H]3CC(C)(C)C[C@@]3(O)C=C(C=O)[C@]12O. The number of aldehydes is 1. The minimum Gasteiger partial charge on any atom is -0.508 e. The Kier molecular flexibility index (Phi) is 4.23. The van der Waals surface area contributed by atoms with Gasteiger partial charge < -0.3 is 25.2 Å². The van der Waals surface area contributed by atoms with Crippen LogP contribution in [0.15, 0.2) is 23.8 Å². The van der Waals surface area contributed by atoms with Crippen LogP contribution in [0.4, 0.5) is 0 Å². The lowest BCUT2D eigenvalue weighted by Gasteiger charge is -2.65. The number of hydrogen-bond donors (Lipinski definition) is 4. The van der Waals surface area contributed by atoms with Crippen LogP contribution in [0, 0.1) is 23.7 Å². The summed E-state index contributed by atoms with van der Waals surface area (Å²) in [6.45, 7) is 7.47. The molecular formula is C23H28O7. The predicted octanol–water partition coefficient (Wildman–Crippen LogP) is 2.38. The van der Waals surface area contributed by atoms with Crippen molar-refractivity contribution < 1.29 is 34.8 Å². The lowest BCUT2D eigenvalue weighted by molar-refractivity contribution is -0.261. The van der Waals surface area contributed by atoms with E-state index >= 15 is 0 Å².